The van der Waals surface area contributed by atoms with Crippen molar-refractivity contribution in [3.63, 3.8) is 0 Å². The molecule has 126 valence electrons. The maximum atomic E-state index is 11.9. The van der Waals surface area contributed by atoms with Gasteiger partial charge in [-0.3, -0.25) is 14.1 Å². The highest BCUT2D eigenvalue weighted by atomic mass is 32.2. The predicted molar refractivity (Wildman–Crippen MR) is 76.6 cm³/mol. The van der Waals surface area contributed by atoms with Gasteiger partial charge in [0.15, 0.2) is 5.25 Å². The number of carbonyl (C=O) groups is 2. The molecule has 8 heteroatoms. The first-order valence-electron chi connectivity index (χ1n) is 7.72. The van der Waals surface area contributed by atoms with Gasteiger partial charge in [0, 0.05) is 0 Å². The smallest absolute Gasteiger partial charge is 0.327 e. The van der Waals surface area contributed by atoms with Crippen molar-refractivity contribution in [2.24, 2.45) is 0 Å². The first-order chi connectivity index (χ1) is 10.4. The number of carbonyl (C=O) groups excluding carboxylic acids is 2. The summed E-state index contributed by atoms with van der Waals surface area (Å²) in [6.07, 6.45) is 5.34. The van der Waals surface area contributed by atoms with Crippen LogP contribution in [0.3, 0.4) is 0 Å². The van der Waals surface area contributed by atoms with Crippen molar-refractivity contribution in [2.75, 3.05) is 0 Å². The standard InChI is InChI=1S/C14H22O7S/c15-13(20-10-5-1-2-6-10)9-12(22(17,18)19)14(16)21-11-7-3-4-8-11/h10-12H,1-9H2,(H,17,18,19). The van der Waals surface area contributed by atoms with Gasteiger partial charge in [-0.2, -0.15) is 8.42 Å². The third kappa shape index (κ3) is 4.95. The Morgan fingerprint density at radius 3 is 1.86 bits per heavy atom. The molecule has 1 unspecified atom stereocenters. The van der Waals surface area contributed by atoms with E-state index in [1.54, 1.807) is 0 Å². The van der Waals surface area contributed by atoms with E-state index in [4.69, 9.17) is 9.47 Å². The Bertz CT molecular complexity index is 501. The van der Waals surface area contributed by atoms with E-state index in [2.05, 4.69) is 0 Å². The van der Waals surface area contributed by atoms with Gasteiger partial charge in [0.25, 0.3) is 10.1 Å². The van der Waals surface area contributed by atoms with Crippen LogP contribution >= 0.6 is 0 Å². The molecule has 0 bridgehead atoms. The van der Waals surface area contributed by atoms with Gasteiger partial charge in [-0.05, 0) is 51.4 Å². The molecule has 22 heavy (non-hydrogen) atoms. The van der Waals surface area contributed by atoms with Gasteiger partial charge in [0.2, 0.25) is 0 Å². The lowest BCUT2D eigenvalue weighted by Gasteiger charge is -2.17. The molecule has 2 fully saturated rings. The van der Waals surface area contributed by atoms with Gasteiger partial charge in [-0.25, -0.2) is 0 Å². The highest BCUT2D eigenvalue weighted by Gasteiger charge is 2.37. The molecule has 0 radical (unpaired) electrons. The summed E-state index contributed by atoms with van der Waals surface area (Å²) in [4.78, 5) is 23.7. The molecule has 2 aliphatic rings. The van der Waals surface area contributed by atoms with E-state index in [1.807, 2.05) is 0 Å². The summed E-state index contributed by atoms with van der Waals surface area (Å²) in [6, 6.07) is 0. The number of hydrogen-bond acceptors (Lipinski definition) is 6. The van der Waals surface area contributed by atoms with Gasteiger partial charge in [0.05, 0.1) is 6.42 Å². The summed E-state index contributed by atoms with van der Waals surface area (Å²) in [5.41, 5.74) is 0. The van der Waals surface area contributed by atoms with Crippen LogP contribution in [0.1, 0.15) is 57.8 Å². The van der Waals surface area contributed by atoms with Crippen molar-refractivity contribution >= 4 is 22.1 Å². The van der Waals surface area contributed by atoms with Crippen molar-refractivity contribution < 1.29 is 32.0 Å². The fourth-order valence-corrected chi connectivity index (χ4v) is 3.59. The molecular formula is C14H22O7S. The monoisotopic (exact) mass is 334 g/mol. The van der Waals surface area contributed by atoms with Crippen molar-refractivity contribution in [1.82, 2.24) is 0 Å². The fraction of sp³-hybridized carbons (Fsp3) is 0.857. The molecule has 0 aromatic heterocycles. The zero-order valence-corrected chi connectivity index (χ0v) is 13.2. The maximum Gasteiger partial charge on any atom is 0.327 e. The van der Waals surface area contributed by atoms with Crippen molar-refractivity contribution in [3.8, 4) is 0 Å². The molecule has 0 saturated heterocycles. The minimum absolute atomic E-state index is 0.222. The van der Waals surface area contributed by atoms with E-state index >= 15 is 0 Å². The molecule has 0 aromatic rings. The van der Waals surface area contributed by atoms with Crippen LogP contribution in [0.2, 0.25) is 0 Å². The molecule has 0 aromatic carbocycles. The Morgan fingerprint density at radius 1 is 0.955 bits per heavy atom. The molecule has 7 nitrogen and oxygen atoms in total. The van der Waals surface area contributed by atoms with Crippen LogP contribution < -0.4 is 0 Å². The summed E-state index contributed by atoms with van der Waals surface area (Å²) in [6.45, 7) is 0. The van der Waals surface area contributed by atoms with Gasteiger partial charge in [0.1, 0.15) is 12.2 Å². The molecular weight excluding hydrogens is 312 g/mol. The quantitative estimate of drug-likeness (QED) is 0.580. The Kier molecular flexibility index (Phi) is 5.80. The second kappa shape index (κ2) is 7.41. The predicted octanol–water partition coefficient (Wildman–Crippen LogP) is 1.60. The number of ether oxygens (including phenoxy) is 2. The molecule has 0 aliphatic heterocycles. The van der Waals surface area contributed by atoms with Crippen molar-refractivity contribution in [3.05, 3.63) is 0 Å². The molecule has 2 aliphatic carbocycles. The van der Waals surface area contributed by atoms with Crippen LogP contribution in [-0.4, -0.2) is 42.4 Å². The van der Waals surface area contributed by atoms with E-state index in [1.165, 1.54) is 0 Å². The molecule has 0 spiro atoms. The lowest BCUT2D eigenvalue weighted by Crippen LogP contribution is -2.36. The normalized spacial score (nSPS) is 21.7. The highest BCUT2D eigenvalue weighted by molar-refractivity contribution is 7.87. The van der Waals surface area contributed by atoms with Crippen LogP contribution in [0.5, 0.6) is 0 Å². The molecule has 2 rings (SSSR count). The van der Waals surface area contributed by atoms with Crippen LogP contribution in [0.25, 0.3) is 0 Å². The van der Waals surface area contributed by atoms with Crippen LogP contribution in [0, 0.1) is 0 Å². The molecule has 0 heterocycles. The second-order valence-corrected chi connectivity index (χ2v) is 7.55. The summed E-state index contributed by atoms with van der Waals surface area (Å²) in [5, 5.41) is -1.90. The van der Waals surface area contributed by atoms with Gasteiger partial charge < -0.3 is 9.47 Å². The fourth-order valence-electron chi connectivity index (χ4n) is 2.95. The molecule has 0 amide bonds. The molecule has 2 saturated carbocycles. The van der Waals surface area contributed by atoms with E-state index in [-0.39, 0.29) is 12.2 Å². The van der Waals surface area contributed by atoms with Crippen molar-refractivity contribution in [2.45, 2.75) is 75.2 Å². The average molecular weight is 334 g/mol. The topological polar surface area (TPSA) is 107 Å². The van der Waals surface area contributed by atoms with E-state index in [9.17, 15) is 22.6 Å². The first kappa shape index (κ1) is 17.2. The number of rotatable bonds is 6. The Morgan fingerprint density at radius 2 is 1.41 bits per heavy atom. The third-order valence-electron chi connectivity index (χ3n) is 4.16. The summed E-state index contributed by atoms with van der Waals surface area (Å²) in [7, 11) is -4.71. The number of hydrogen-bond donors (Lipinski definition) is 1. The third-order valence-corrected chi connectivity index (χ3v) is 5.24. The largest absolute Gasteiger partial charge is 0.462 e. The van der Waals surface area contributed by atoms with Crippen LogP contribution in [0.15, 0.2) is 0 Å². The minimum Gasteiger partial charge on any atom is -0.462 e. The average Bonchev–Trinajstić information content (AvgIpc) is 3.08. The second-order valence-electron chi connectivity index (χ2n) is 5.95. The van der Waals surface area contributed by atoms with Crippen LogP contribution in [-0.2, 0) is 29.2 Å². The SMILES string of the molecule is O=C(CC(C(=O)OC1CCCC1)S(=O)(=O)O)OC1CCCC1. The molecule has 1 atom stereocenters. The summed E-state index contributed by atoms with van der Waals surface area (Å²) >= 11 is 0. The highest BCUT2D eigenvalue weighted by Crippen LogP contribution is 2.24. The lowest BCUT2D eigenvalue weighted by atomic mass is 10.2. The van der Waals surface area contributed by atoms with E-state index in [0.717, 1.165) is 38.5 Å². The maximum absolute atomic E-state index is 11.9. The van der Waals surface area contributed by atoms with Gasteiger partial charge in [-0.1, -0.05) is 0 Å². The van der Waals surface area contributed by atoms with Gasteiger partial charge in [-0.15, -0.1) is 0 Å². The summed E-state index contributed by atoms with van der Waals surface area (Å²) in [5.74, 6) is -1.87. The van der Waals surface area contributed by atoms with Crippen LogP contribution in [0.4, 0.5) is 0 Å². The minimum atomic E-state index is -4.71. The van der Waals surface area contributed by atoms with Crippen molar-refractivity contribution in [1.29, 1.82) is 0 Å². The van der Waals surface area contributed by atoms with E-state index < -0.39 is 33.7 Å². The number of esters is 2. The van der Waals surface area contributed by atoms with Gasteiger partial charge >= 0.3 is 11.9 Å². The Hall–Kier alpha value is -1.15. The Labute approximate surface area is 130 Å². The molecule has 1 N–H and O–H groups in total. The Balaban J connectivity index is 1.93. The zero-order valence-electron chi connectivity index (χ0n) is 12.4. The summed E-state index contributed by atoms with van der Waals surface area (Å²) < 4.78 is 42.1. The lowest BCUT2D eigenvalue weighted by molar-refractivity contribution is -0.155. The zero-order chi connectivity index (χ0) is 16.2. The van der Waals surface area contributed by atoms with E-state index in [0.29, 0.717) is 12.8 Å². The first-order valence-corrected chi connectivity index (χ1v) is 9.23.